The maximum atomic E-state index is 14.6. The fourth-order valence-corrected chi connectivity index (χ4v) is 7.35. The van der Waals surface area contributed by atoms with Crippen LogP contribution >= 0.6 is 23.1 Å². The first kappa shape index (κ1) is 31.4. The second-order valence-electron chi connectivity index (χ2n) is 11.2. The highest BCUT2D eigenvalue weighted by molar-refractivity contribution is 7.98. The molecule has 7 rings (SSSR count). The van der Waals surface area contributed by atoms with E-state index in [1.807, 2.05) is 134 Å². The number of hydrogen-bond donors (Lipinski definition) is 0. The minimum absolute atomic E-state index is 0.194. The standard InChI is InChI=1S/C40H32N2O4S2/c1-3-45-39(44)35-36(28-15-8-5-9-16-28)41-40-42(37(35)29-18-21-30(47-2)22-19-29)38(43)34(48-40)24-32-31-17-11-10-14-27(31)20-23-33(32)46-25-26-12-6-4-7-13-26/h4-24,37H,3,25H2,1-2H3/b34-24-/t37-/m1/s1. The highest BCUT2D eigenvalue weighted by Gasteiger charge is 2.35. The Morgan fingerprint density at radius 1 is 0.896 bits per heavy atom. The van der Waals surface area contributed by atoms with Gasteiger partial charge in [0.25, 0.3) is 5.56 Å². The molecule has 0 saturated carbocycles. The summed E-state index contributed by atoms with van der Waals surface area (Å²) in [6.45, 7) is 2.36. The van der Waals surface area contributed by atoms with Gasteiger partial charge < -0.3 is 9.47 Å². The summed E-state index contributed by atoms with van der Waals surface area (Å²) in [4.78, 5) is 35.0. The van der Waals surface area contributed by atoms with Crippen molar-refractivity contribution in [1.29, 1.82) is 0 Å². The third kappa shape index (κ3) is 6.12. The maximum absolute atomic E-state index is 14.6. The largest absolute Gasteiger partial charge is 0.488 e. The lowest BCUT2D eigenvalue weighted by Gasteiger charge is -2.26. The molecule has 0 aliphatic carbocycles. The van der Waals surface area contributed by atoms with Gasteiger partial charge in [0.2, 0.25) is 0 Å². The van der Waals surface area contributed by atoms with Crippen molar-refractivity contribution in [2.45, 2.75) is 24.5 Å². The molecule has 8 heteroatoms. The molecule has 0 radical (unpaired) electrons. The molecular weight excluding hydrogens is 637 g/mol. The normalized spacial score (nSPS) is 14.5. The molecule has 0 spiro atoms. The number of carbonyl (C=O) groups excluding carboxylic acids is 1. The van der Waals surface area contributed by atoms with Crippen molar-refractivity contribution in [3.8, 4) is 5.75 Å². The van der Waals surface area contributed by atoms with Crippen LogP contribution in [0.1, 0.15) is 35.2 Å². The number of fused-ring (bicyclic) bond motifs is 2. The van der Waals surface area contributed by atoms with E-state index in [0.717, 1.165) is 37.9 Å². The third-order valence-electron chi connectivity index (χ3n) is 8.25. The highest BCUT2D eigenvalue weighted by Crippen LogP contribution is 2.36. The molecule has 1 aliphatic rings. The molecular formula is C40H32N2O4S2. The van der Waals surface area contributed by atoms with Crippen molar-refractivity contribution in [3.63, 3.8) is 0 Å². The Balaban J connectivity index is 1.46. The topological polar surface area (TPSA) is 69.9 Å². The van der Waals surface area contributed by atoms with E-state index in [4.69, 9.17) is 14.5 Å². The number of esters is 1. The fraction of sp³-hybridized carbons (Fsp3) is 0.125. The Kier molecular flexibility index (Phi) is 9.09. The van der Waals surface area contributed by atoms with Gasteiger partial charge in [0.1, 0.15) is 12.4 Å². The average molecular weight is 669 g/mol. The van der Waals surface area contributed by atoms with Gasteiger partial charge >= 0.3 is 5.97 Å². The summed E-state index contributed by atoms with van der Waals surface area (Å²) in [7, 11) is 0. The zero-order valence-corrected chi connectivity index (χ0v) is 28.1. The quantitative estimate of drug-likeness (QED) is 0.119. The van der Waals surface area contributed by atoms with Crippen molar-refractivity contribution in [3.05, 3.63) is 169 Å². The van der Waals surface area contributed by atoms with E-state index in [1.165, 1.54) is 11.3 Å². The van der Waals surface area contributed by atoms with Gasteiger partial charge in [-0.3, -0.25) is 9.36 Å². The SMILES string of the molecule is CCOC(=O)C1=C(c2ccccc2)N=c2s/c(=C\c3c(OCc4ccccc4)ccc4ccccc34)c(=O)n2[C@@H]1c1ccc(SC)cc1. The molecule has 5 aromatic carbocycles. The van der Waals surface area contributed by atoms with Gasteiger partial charge in [-0.25, -0.2) is 9.79 Å². The van der Waals surface area contributed by atoms with Crippen LogP contribution in [0.2, 0.25) is 0 Å². The predicted octanol–water partition coefficient (Wildman–Crippen LogP) is 7.39. The van der Waals surface area contributed by atoms with Gasteiger partial charge in [0, 0.05) is 16.0 Å². The third-order valence-corrected chi connectivity index (χ3v) is 9.98. The molecule has 1 aliphatic heterocycles. The van der Waals surface area contributed by atoms with Crippen LogP contribution in [-0.4, -0.2) is 23.4 Å². The van der Waals surface area contributed by atoms with E-state index in [9.17, 15) is 9.59 Å². The van der Waals surface area contributed by atoms with Gasteiger partial charge in [0.15, 0.2) is 4.80 Å². The summed E-state index contributed by atoms with van der Waals surface area (Å²) in [5.41, 5.74) is 4.01. The van der Waals surface area contributed by atoms with Crippen LogP contribution in [0.15, 0.2) is 142 Å². The lowest BCUT2D eigenvalue weighted by molar-refractivity contribution is -0.138. The van der Waals surface area contributed by atoms with E-state index in [2.05, 4.69) is 0 Å². The van der Waals surface area contributed by atoms with E-state index in [0.29, 0.717) is 33.0 Å². The van der Waals surface area contributed by atoms with Gasteiger partial charge in [-0.2, -0.15) is 0 Å². The Morgan fingerprint density at radius 3 is 2.33 bits per heavy atom. The van der Waals surface area contributed by atoms with Crippen molar-refractivity contribution in [2.75, 3.05) is 12.9 Å². The number of ether oxygens (including phenoxy) is 2. The second kappa shape index (κ2) is 13.9. The fourth-order valence-electron chi connectivity index (χ4n) is 5.96. The maximum Gasteiger partial charge on any atom is 0.338 e. The molecule has 6 aromatic rings. The van der Waals surface area contributed by atoms with Crippen molar-refractivity contribution >= 4 is 51.6 Å². The van der Waals surface area contributed by atoms with Gasteiger partial charge in [-0.1, -0.05) is 114 Å². The van der Waals surface area contributed by atoms with Crippen molar-refractivity contribution in [2.24, 2.45) is 4.99 Å². The molecule has 0 unspecified atom stereocenters. The van der Waals surface area contributed by atoms with E-state index >= 15 is 0 Å². The van der Waals surface area contributed by atoms with Gasteiger partial charge in [-0.05, 0) is 59.4 Å². The molecule has 0 saturated heterocycles. The highest BCUT2D eigenvalue weighted by atomic mass is 32.2. The van der Waals surface area contributed by atoms with Crippen LogP contribution in [-0.2, 0) is 16.1 Å². The molecule has 0 amide bonds. The van der Waals surface area contributed by atoms with E-state index < -0.39 is 12.0 Å². The van der Waals surface area contributed by atoms with Crippen LogP contribution in [0.5, 0.6) is 5.75 Å². The summed E-state index contributed by atoms with van der Waals surface area (Å²) < 4.78 is 14.1. The molecule has 1 atom stereocenters. The van der Waals surface area contributed by atoms with E-state index in [-0.39, 0.29) is 12.2 Å². The van der Waals surface area contributed by atoms with Crippen LogP contribution < -0.4 is 19.6 Å². The number of aromatic nitrogens is 1. The number of thiazole rings is 1. The number of thioether (sulfide) groups is 1. The summed E-state index contributed by atoms with van der Waals surface area (Å²) in [5, 5.41) is 2.00. The number of carbonyl (C=O) groups is 1. The van der Waals surface area contributed by atoms with E-state index in [1.54, 1.807) is 23.3 Å². The number of hydrogen-bond acceptors (Lipinski definition) is 7. The Morgan fingerprint density at radius 2 is 1.60 bits per heavy atom. The molecule has 6 nitrogen and oxygen atoms in total. The summed E-state index contributed by atoms with van der Waals surface area (Å²) in [6, 6.07) is 38.9. The molecule has 0 bridgehead atoms. The van der Waals surface area contributed by atoms with Crippen LogP contribution in [0.4, 0.5) is 0 Å². The smallest absolute Gasteiger partial charge is 0.338 e. The number of benzene rings is 5. The van der Waals surface area contributed by atoms with Gasteiger partial charge in [0.05, 0.1) is 28.5 Å². The first-order chi connectivity index (χ1) is 23.6. The molecule has 1 aromatic heterocycles. The van der Waals surface area contributed by atoms with Crippen molar-refractivity contribution in [1.82, 2.24) is 4.57 Å². The summed E-state index contributed by atoms with van der Waals surface area (Å²) in [5.74, 6) is 0.170. The minimum Gasteiger partial charge on any atom is -0.488 e. The molecule has 48 heavy (non-hydrogen) atoms. The zero-order chi connectivity index (χ0) is 33.0. The molecule has 0 N–H and O–H groups in total. The molecule has 238 valence electrons. The number of nitrogens with zero attached hydrogens (tertiary/aromatic N) is 2. The Hall–Kier alpha value is -5.18. The lowest BCUT2D eigenvalue weighted by Crippen LogP contribution is -2.40. The lowest BCUT2D eigenvalue weighted by atomic mass is 9.93. The zero-order valence-electron chi connectivity index (χ0n) is 26.5. The molecule has 0 fully saturated rings. The predicted molar refractivity (Wildman–Crippen MR) is 194 cm³/mol. The van der Waals surface area contributed by atoms with Crippen LogP contribution in [0.3, 0.4) is 0 Å². The summed E-state index contributed by atoms with van der Waals surface area (Å²) in [6.07, 6.45) is 3.91. The Bertz CT molecular complexity index is 2330. The molecule has 2 heterocycles. The first-order valence-corrected chi connectivity index (χ1v) is 17.7. The second-order valence-corrected chi connectivity index (χ2v) is 13.1. The van der Waals surface area contributed by atoms with Gasteiger partial charge in [-0.15, -0.1) is 11.8 Å². The van der Waals surface area contributed by atoms with Crippen LogP contribution in [0, 0.1) is 0 Å². The number of rotatable bonds is 9. The minimum atomic E-state index is -0.741. The monoisotopic (exact) mass is 668 g/mol. The van der Waals surface area contributed by atoms with Crippen LogP contribution in [0.25, 0.3) is 22.5 Å². The van der Waals surface area contributed by atoms with Crippen molar-refractivity contribution < 1.29 is 14.3 Å². The first-order valence-electron chi connectivity index (χ1n) is 15.7. The Labute approximate surface area is 286 Å². The summed E-state index contributed by atoms with van der Waals surface area (Å²) >= 11 is 2.93. The average Bonchev–Trinajstić information content (AvgIpc) is 3.45.